The summed E-state index contributed by atoms with van der Waals surface area (Å²) in [4.78, 5) is 9.12. The molecule has 1 aromatic heterocycles. The summed E-state index contributed by atoms with van der Waals surface area (Å²) in [6.07, 6.45) is 0. The van der Waals surface area contributed by atoms with Crippen molar-refractivity contribution in [1.82, 2.24) is 9.97 Å². The van der Waals surface area contributed by atoms with E-state index in [4.69, 9.17) is 0 Å². The highest BCUT2D eigenvalue weighted by Crippen LogP contribution is 2.24. The Morgan fingerprint density at radius 2 is 1.59 bits per heavy atom. The van der Waals surface area contributed by atoms with E-state index in [2.05, 4.69) is 55.2 Å². The Morgan fingerprint density at radius 1 is 1.06 bits per heavy atom. The fourth-order valence-corrected chi connectivity index (χ4v) is 1.51. The van der Waals surface area contributed by atoms with Gasteiger partial charge >= 0.3 is 0 Å². The maximum absolute atomic E-state index is 4.60. The molecule has 17 heavy (non-hydrogen) atoms. The van der Waals surface area contributed by atoms with E-state index in [0.29, 0.717) is 5.92 Å². The molecule has 0 radical (unpaired) electrons. The molecule has 0 aliphatic rings. The quantitative estimate of drug-likeness (QED) is 0.846. The van der Waals surface area contributed by atoms with Crippen molar-refractivity contribution < 1.29 is 0 Å². The summed E-state index contributed by atoms with van der Waals surface area (Å²) in [5.41, 5.74) is 1.06. The van der Waals surface area contributed by atoms with Crippen LogP contribution in [-0.4, -0.2) is 22.6 Å². The van der Waals surface area contributed by atoms with Gasteiger partial charge in [-0.2, -0.15) is 0 Å². The second-order valence-electron chi connectivity index (χ2n) is 5.68. The highest BCUT2D eigenvalue weighted by molar-refractivity contribution is 5.57. The SMILES string of the molecule is CNc1nc(C(C)C)nc(NC(C)(C)C)c1C. The van der Waals surface area contributed by atoms with Crippen LogP contribution in [0.5, 0.6) is 0 Å². The van der Waals surface area contributed by atoms with Gasteiger partial charge in [-0.1, -0.05) is 13.8 Å². The van der Waals surface area contributed by atoms with Crippen molar-refractivity contribution >= 4 is 11.6 Å². The third-order valence-electron chi connectivity index (χ3n) is 2.41. The Balaban J connectivity index is 3.23. The summed E-state index contributed by atoms with van der Waals surface area (Å²) in [5.74, 6) is 3.01. The van der Waals surface area contributed by atoms with E-state index in [-0.39, 0.29) is 5.54 Å². The average Bonchev–Trinajstić information content (AvgIpc) is 2.18. The number of aromatic nitrogens is 2. The zero-order valence-corrected chi connectivity index (χ0v) is 12.0. The van der Waals surface area contributed by atoms with E-state index in [1.54, 1.807) is 0 Å². The molecule has 1 rings (SSSR count). The highest BCUT2D eigenvalue weighted by atomic mass is 15.1. The van der Waals surface area contributed by atoms with Gasteiger partial charge < -0.3 is 10.6 Å². The van der Waals surface area contributed by atoms with Gasteiger partial charge in [0.25, 0.3) is 0 Å². The summed E-state index contributed by atoms with van der Waals surface area (Å²) in [6.45, 7) is 12.6. The summed E-state index contributed by atoms with van der Waals surface area (Å²) < 4.78 is 0. The van der Waals surface area contributed by atoms with E-state index in [0.717, 1.165) is 23.0 Å². The first-order valence-corrected chi connectivity index (χ1v) is 6.09. The van der Waals surface area contributed by atoms with Crippen LogP contribution in [-0.2, 0) is 0 Å². The van der Waals surface area contributed by atoms with Gasteiger partial charge in [-0.15, -0.1) is 0 Å². The van der Waals surface area contributed by atoms with Crippen molar-refractivity contribution in [2.45, 2.75) is 53.0 Å². The Bertz CT molecular complexity index is 391. The molecule has 0 aromatic carbocycles. The number of hydrogen-bond donors (Lipinski definition) is 2. The summed E-state index contributed by atoms with van der Waals surface area (Å²) in [7, 11) is 1.89. The minimum Gasteiger partial charge on any atom is -0.373 e. The molecule has 0 aliphatic heterocycles. The minimum atomic E-state index is -0.00161. The molecule has 1 heterocycles. The third kappa shape index (κ3) is 3.58. The lowest BCUT2D eigenvalue weighted by Gasteiger charge is -2.24. The molecule has 0 unspecified atom stereocenters. The maximum atomic E-state index is 4.60. The first-order chi connectivity index (χ1) is 7.74. The predicted octanol–water partition coefficient (Wildman–Crippen LogP) is 3.16. The van der Waals surface area contributed by atoms with Crippen LogP contribution < -0.4 is 10.6 Å². The monoisotopic (exact) mass is 236 g/mol. The van der Waals surface area contributed by atoms with Crippen LogP contribution in [0.1, 0.15) is 51.9 Å². The lowest BCUT2D eigenvalue weighted by molar-refractivity contribution is 0.626. The molecule has 4 nitrogen and oxygen atoms in total. The van der Waals surface area contributed by atoms with E-state index < -0.39 is 0 Å². The van der Waals surface area contributed by atoms with Gasteiger partial charge in [0.15, 0.2) is 0 Å². The molecule has 1 aromatic rings. The normalized spacial score (nSPS) is 11.8. The molecule has 0 fully saturated rings. The maximum Gasteiger partial charge on any atom is 0.135 e. The van der Waals surface area contributed by atoms with Crippen molar-refractivity contribution in [3.05, 3.63) is 11.4 Å². The molecule has 96 valence electrons. The number of nitrogens with one attached hydrogen (secondary N) is 2. The number of hydrogen-bond acceptors (Lipinski definition) is 4. The van der Waals surface area contributed by atoms with Crippen LogP contribution in [0.25, 0.3) is 0 Å². The number of nitrogens with zero attached hydrogens (tertiary/aromatic N) is 2. The van der Waals surface area contributed by atoms with Gasteiger partial charge in [0.1, 0.15) is 17.5 Å². The third-order valence-corrected chi connectivity index (χ3v) is 2.41. The van der Waals surface area contributed by atoms with Gasteiger partial charge in [-0.3, -0.25) is 0 Å². The molecule has 4 heteroatoms. The molecule has 0 amide bonds. The van der Waals surface area contributed by atoms with E-state index in [1.165, 1.54) is 0 Å². The summed E-state index contributed by atoms with van der Waals surface area (Å²) in [6, 6.07) is 0. The Labute approximate surface area is 104 Å². The summed E-state index contributed by atoms with van der Waals surface area (Å²) in [5, 5.41) is 6.55. The van der Waals surface area contributed by atoms with Crippen molar-refractivity contribution in [3.8, 4) is 0 Å². The molecular formula is C13H24N4. The fourth-order valence-electron chi connectivity index (χ4n) is 1.51. The van der Waals surface area contributed by atoms with Gasteiger partial charge in [0, 0.05) is 24.1 Å². The van der Waals surface area contributed by atoms with E-state index >= 15 is 0 Å². The van der Waals surface area contributed by atoms with Gasteiger partial charge in [0.05, 0.1) is 0 Å². The molecule has 0 aliphatic carbocycles. The van der Waals surface area contributed by atoms with Crippen LogP contribution in [0.2, 0.25) is 0 Å². The zero-order valence-electron chi connectivity index (χ0n) is 12.0. The van der Waals surface area contributed by atoms with Crippen LogP contribution in [0.4, 0.5) is 11.6 Å². The highest BCUT2D eigenvalue weighted by Gasteiger charge is 2.16. The van der Waals surface area contributed by atoms with Crippen LogP contribution >= 0.6 is 0 Å². The molecule has 0 saturated carbocycles. The second kappa shape index (κ2) is 4.90. The standard InChI is InChI=1S/C13H24N4/c1-8(2)10-15-11(14-7)9(3)12(16-10)17-13(4,5)6/h8H,1-7H3,(H2,14,15,16,17). The fraction of sp³-hybridized carbons (Fsp3) is 0.692. The van der Waals surface area contributed by atoms with Crippen molar-refractivity contribution in [1.29, 1.82) is 0 Å². The van der Waals surface area contributed by atoms with Crippen molar-refractivity contribution in [2.24, 2.45) is 0 Å². The first kappa shape index (κ1) is 13.7. The Kier molecular flexibility index (Phi) is 3.96. The molecule has 0 bridgehead atoms. The van der Waals surface area contributed by atoms with Crippen LogP contribution in [0.15, 0.2) is 0 Å². The zero-order chi connectivity index (χ0) is 13.2. The predicted molar refractivity (Wildman–Crippen MR) is 73.8 cm³/mol. The minimum absolute atomic E-state index is 0.00161. The summed E-state index contributed by atoms with van der Waals surface area (Å²) >= 11 is 0. The Hall–Kier alpha value is -1.32. The Morgan fingerprint density at radius 3 is 2.00 bits per heavy atom. The van der Waals surface area contributed by atoms with E-state index in [1.807, 2.05) is 14.0 Å². The average molecular weight is 236 g/mol. The number of rotatable bonds is 3. The smallest absolute Gasteiger partial charge is 0.135 e. The molecular weight excluding hydrogens is 212 g/mol. The molecule has 0 atom stereocenters. The molecule has 0 saturated heterocycles. The first-order valence-electron chi connectivity index (χ1n) is 6.09. The van der Waals surface area contributed by atoms with Crippen LogP contribution in [0.3, 0.4) is 0 Å². The van der Waals surface area contributed by atoms with Gasteiger partial charge in [-0.25, -0.2) is 9.97 Å². The molecule has 0 spiro atoms. The lowest BCUT2D eigenvalue weighted by atomic mass is 10.1. The lowest BCUT2D eigenvalue weighted by Crippen LogP contribution is -2.28. The molecule has 2 N–H and O–H groups in total. The van der Waals surface area contributed by atoms with E-state index in [9.17, 15) is 0 Å². The van der Waals surface area contributed by atoms with Gasteiger partial charge in [-0.05, 0) is 27.7 Å². The number of anilines is 2. The largest absolute Gasteiger partial charge is 0.373 e. The topological polar surface area (TPSA) is 49.8 Å². The van der Waals surface area contributed by atoms with Crippen molar-refractivity contribution in [2.75, 3.05) is 17.7 Å². The van der Waals surface area contributed by atoms with Gasteiger partial charge in [0.2, 0.25) is 0 Å². The van der Waals surface area contributed by atoms with Crippen molar-refractivity contribution in [3.63, 3.8) is 0 Å². The van der Waals surface area contributed by atoms with Crippen LogP contribution in [0, 0.1) is 6.92 Å². The second-order valence-corrected chi connectivity index (χ2v) is 5.68.